The fourth-order valence-corrected chi connectivity index (χ4v) is 5.49. The van der Waals surface area contributed by atoms with Crippen LogP contribution in [0.2, 0.25) is 0 Å². The van der Waals surface area contributed by atoms with Crippen LogP contribution in [-0.2, 0) is 15.8 Å². The van der Waals surface area contributed by atoms with Crippen LogP contribution in [0, 0.1) is 11.3 Å². The lowest BCUT2D eigenvalue weighted by atomic mass is 10.1. The molecule has 4 nitrogen and oxygen atoms in total. The fraction of sp³-hybridized carbons (Fsp3) is 0.500. The molecule has 6 heteroatoms. The summed E-state index contributed by atoms with van der Waals surface area (Å²) in [6, 6.07) is 8.93. The highest BCUT2D eigenvalue weighted by Gasteiger charge is 2.34. The zero-order valence-corrected chi connectivity index (χ0v) is 13.2. The molecule has 0 bridgehead atoms. The summed E-state index contributed by atoms with van der Waals surface area (Å²) in [4.78, 5) is 0. The normalized spacial score (nSPS) is 24.2. The molecule has 2 rings (SSSR count). The molecule has 1 saturated heterocycles. The molecule has 2 unspecified atom stereocenters. The Balaban J connectivity index is 2.25. The minimum atomic E-state index is -3.38. The molecule has 0 aliphatic carbocycles. The van der Waals surface area contributed by atoms with E-state index in [-0.39, 0.29) is 11.8 Å². The van der Waals surface area contributed by atoms with Crippen LogP contribution in [0.15, 0.2) is 24.3 Å². The SMILES string of the molecule is CC1SCCN(S(=O)(=O)Cc2ccccc2C#N)C1C. The molecular formula is C14H18N2O2S2. The van der Waals surface area contributed by atoms with Crippen molar-refractivity contribution in [2.24, 2.45) is 0 Å². The second-order valence-corrected chi connectivity index (χ2v) is 8.36. The van der Waals surface area contributed by atoms with Gasteiger partial charge in [-0.15, -0.1) is 0 Å². The molecule has 0 radical (unpaired) electrons. The van der Waals surface area contributed by atoms with Crippen LogP contribution in [0.3, 0.4) is 0 Å². The van der Waals surface area contributed by atoms with Crippen molar-refractivity contribution in [3.8, 4) is 6.07 Å². The molecule has 1 fully saturated rings. The first kappa shape index (κ1) is 15.4. The van der Waals surface area contributed by atoms with Crippen molar-refractivity contribution in [3.63, 3.8) is 0 Å². The van der Waals surface area contributed by atoms with E-state index in [0.717, 1.165) is 5.75 Å². The van der Waals surface area contributed by atoms with E-state index in [1.165, 1.54) is 0 Å². The maximum atomic E-state index is 12.6. The summed E-state index contributed by atoms with van der Waals surface area (Å²) in [7, 11) is -3.38. The average Bonchev–Trinajstić information content (AvgIpc) is 2.42. The number of thioether (sulfide) groups is 1. The second-order valence-electron chi connectivity index (χ2n) is 4.95. The predicted octanol–water partition coefficient (Wildman–Crippen LogP) is 2.21. The van der Waals surface area contributed by atoms with Crippen LogP contribution in [0.4, 0.5) is 0 Å². The van der Waals surface area contributed by atoms with Crippen molar-refractivity contribution in [3.05, 3.63) is 35.4 Å². The van der Waals surface area contributed by atoms with Crippen LogP contribution >= 0.6 is 11.8 Å². The molecule has 2 atom stereocenters. The molecule has 0 saturated carbocycles. The van der Waals surface area contributed by atoms with Crippen LogP contribution < -0.4 is 0 Å². The maximum absolute atomic E-state index is 12.6. The quantitative estimate of drug-likeness (QED) is 0.859. The van der Waals surface area contributed by atoms with Crippen molar-refractivity contribution in [1.82, 2.24) is 4.31 Å². The van der Waals surface area contributed by atoms with E-state index in [1.807, 2.05) is 6.92 Å². The van der Waals surface area contributed by atoms with Gasteiger partial charge < -0.3 is 0 Å². The molecular weight excluding hydrogens is 292 g/mol. The van der Waals surface area contributed by atoms with E-state index < -0.39 is 10.0 Å². The fourth-order valence-electron chi connectivity index (χ4n) is 2.33. The van der Waals surface area contributed by atoms with Gasteiger partial charge in [-0.1, -0.05) is 25.1 Å². The van der Waals surface area contributed by atoms with Gasteiger partial charge in [0.2, 0.25) is 10.0 Å². The number of nitriles is 1. The highest BCUT2D eigenvalue weighted by Crippen LogP contribution is 2.28. The number of rotatable bonds is 3. The van der Waals surface area contributed by atoms with E-state index in [4.69, 9.17) is 5.26 Å². The van der Waals surface area contributed by atoms with E-state index in [1.54, 1.807) is 40.3 Å². The standard InChI is InChI=1S/C14H18N2O2S2/c1-11-12(2)19-8-7-16(11)20(17,18)10-14-6-4-3-5-13(14)9-15/h3-6,11-12H,7-8,10H2,1-2H3. The molecule has 1 aromatic rings. The van der Waals surface area contributed by atoms with Gasteiger partial charge >= 0.3 is 0 Å². The second kappa shape index (κ2) is 6.17. The third kappa shape index (κ3) is 3.17. The Labute approximate surface area is 124 Å². The van der Waals surface area contributed by atoms with Gasteiger partial charge in [-0.25, -0.2) is 8.42 Å². The van der Waals surface area contributed by atoms with Crippen molar-refractivity contribution < 1.29 is 8.42 Å². The zero-order valence-electron chi connectivity index (χ0n) is 11.6. The van der Waals surface area contributed by atoms with Gasteiger partial charge in [0.1, 0.15) is 0 Å². The van der Waals surface area contributed by atoms with Gasteiger partial charge in [-0.3, -0.25) is 0 Å². The summed E-state index contributed by atoms with van der Waals surface area (Å²) in [6.45, 7) is 4.55. The first-order chi connectivity index (χ1) is 9.45. The van der Waals surface area contributed by atoms with Gasteiger partial charge in [0, 0.05) is 23.6 Å². The Kier molecular flexibility index (Phi) is 4.74. The molecule has 108 valence electrons. The number of hydrogen-bond acceptors (Lipinski definition) is 4. The first-order valence-corrected chi connectivity index (χ1v) is 9.20. The van der Waals surface area contributed by atoms with Crippen molar-refractivity contribution in [2.75, 3.05) is 12.3 Å². The maximum Gasteiger partial charge on any atom is 0.218 e. The largest absolute Gasteiger partial charge is 0.218 e. The van der Waals surface area contributed by atoms with Crippen molar-refractivity contribution in [2.45, 2.75) is 30.9 Å². The summed E-state index contributed by atoms with van der Waals surface area (Å²) in [5.74, 6) is 0.725. The Bertz CT molecular complexity index is 622. The van der Waals surface area contributed by atoms with Crippen LogP contribution in [-0.4, -0.2) is 36.3 Å². The van der Waals surface area contributed by atoms with E-state index in [0.29, 0.717) is 22.9 Å². The van der Waals surface area contributed by atoms with E-state index in [9.17, 15) is 8.42 Å². The van der Waals surface area contributed by atoms with Crippen molar-refractivity contribution in [1.29, 1.82) is 5.26 Å². The molecule has 0 N–H and O–H groups in total. The summed E-state index contributed by atoms with van der Waals surface area (Å²) < 4.78 is 26.8. The predicted molar refractivity (Wildman–Crippen MR) is 81.9 cm³/mol. The monoisotopic (exact) mass is 310 g/mol. The topological polar surface area (TPSA) is 61.2 Å². The Morgan fingerprint density at radius 2 is 2.10 bits per heavy atom. The molecule has 1 aromatic carbocycles. The van der Waals surface area contributed by atoms with E-state index >= 15 is 0 Å². The lowest BCUT2D eigenvalue weighted by Gasteiger charge is -2.36. The smallest absolute Gasteiger partial charge is 0.212 e. The van der Waals surface area contributed by atoms with Crippen LogP contribution in [0.5, 0.6) is 0 Å². The summed E-state index contributed by atoms with van der Waals surface area (Å²) in [5, 5.41) is 9.35. The molecule has 0 spiro atoms. The Morgan fingerprint density at radius 3 is 2.80 bits per heavy atom. The average molecular weight is 310 g/mol. The summed E-state index contributed by atoms with van der Waals surface area (Å²) in [6.07, 6.45) is 0. The zero-order chi connectivity index (χ0) is 14.8. The molecule has 0 aromatic heterocycles. The summed E-state index contributed by atoms with van der Waals surface area (Å²) in [5.41, 5.74) is 1.01. The van der Waals surface area contributed by atoms with E-state index in [2.05, 4.69) is 13.0 Å². The number of benzene rings is 1. The number of nitrogens with zero attached hydrogens (tertiary/aromatic N) is 2. The third-order valence-electron chi connectivity index (χ3n) is 3.66. The van der Waals surface area contributed by atoms with Crippen LogP contribution in [0.25, 0.3) is 0 Å². The third-order valence-corrected chi connectivity index (χ3v) is 6.90. The lowest BCUT2D eigenvalue weighted by molar-refractivity contribution is 0.340. The van der Waals surface area contributed by atoms with Gasteiger partial charge in [-0.2, -0.15) is 21.3 Å². The van der Waals surface area contributed by atoms with Gasteiger partial charge in [0.05, 0.1) is 17.4 Å². The molecule has 20 heavy (non-hydrogen) atoms. The summed E-state index contributed by atoms with van der Waals surface area (Å²) >= 11 is 1.80. The minimum Gasteiger partial charge on any atom is -0.212 e. The van der Waals surface area contributed by atoms with Gasteiger partial charge in [-0.05, 0) is 18.6 Å². The van der Waals surface area contributed by atoms with Crippen molar-refractivity contribution >= 4 is 21.8 Å². The molecule has 1 heterocycles. The molecule has 1 aliphatic rings. The first-order valence-electron chi connectivity index (χ1n) is 6.55. The lowest BCUT2D eigenvalue weighted by Crippen LogP contribution is -2.48. The number of hydrogen-bond donors (Lipinski definition) is 0. The van der Waals surface area contributed by atoms with Gasteiger partial charge in [0.25, 0.3) is 0 Å². The molecule has 1 aliphatic heterocycles. The highest BCUT2D eigenvalue weighted by atomic mass is 32.2. The van der Waals surface area contributed by atoms with Gasteiger partial charge in [0.15, 0.2) is 0 Å². The molecule has 0 amide bonds. The Morgan fingerprint density at radius 1 is 1.40 bits per heavy atom. The number of sulfonamides is 1. The Hall–Kier alpha value is -1.03. The highest BCUT2D eigenvalue weighted by molar-refractivity contribution is 8.00. The van der Waals surface area contributed by atoms with Crippen LogP contribution in [0.1, 0.15) is 25.0 Å². The minimum absolute atomic E-state index is 0.00648.